The molecule has 1 N–H and O–H groups in total. The maximum absolute atomic E-state index is 4.38. The van der Waals surface area contributed by atoms with Crippen LogP contribution in [-0.2, 0) is 13.1 Å². The Morgan fingerprint density at radius 2 is 2.22 bits per heavy atom. The van der Waals surface area contributed by atoms with Crippen LogP contribution < -0.4 is 5.32 Å². The summed E-state index contributed by atoms with van der Waals surface area (Å²) < 4.78 is 3.15. The van der Waals surface area contributed by atoms with Crippen LogP contribution in [0.1, 0.15) is 19.7 Å². The second-order valence-corrected chi connectivity index (χ2v) is 5.55. The van der Waals surface area contributed by atoms with Gasteiger partial charge in [-0.3, -0.25) is 4.98 Å². The van der Waals surface area contributed by atoms with Crippen molar-refractivity contribution in [2.45, 2.75) is 26.9 Å². The van der Waals surface area contributed by atoms with Crippen LogP contribution in [0.3, 0.4) is 0 Å². The first-order valence-corrected chi connectivity index (χ1v) is 6.79. The van der Waals surface area contributed by atoms with Gasteiger partial charge in [0.15, 0.2) is 0 Å². The number of aromatic nitrogens is 3. The molecule has 0 aliphatic heterocycles. The van der Waals surface area contributed by atoms with Crippen molar-refractivity contribution in [1.82, 2.24) is 14.5 Å². The predicted molar refractivity (Wildman–Crippen MR) is 76.3 cm³/mol. The molecule has 0 fully saturated rings. The van der Waals surface area contributed by atoms with E-state index in [2.05, 4.69) is 49.6 Å². The summed E-state index contributed by atoms with van der Waals surface area (Å²) in [7, 11) is 0. The molecule has 2 rings (SSSR count). The molecule has 0 atom stereocenters. The van der Waals surface area contributed by atoms with Crippen LogP contribution >= 0.6 is 15.9 Å². The van der Waals surface area contributed by atoms with Gasteiger partial charge in [0.2, 0.25) is 0 Å². The van der Waals surface area contributed by atoms with E-state index in [1.165, 1.54) is 0 Å². The van der Waals surface area contributed by atoms with Gasteiger partial charge in [-0.1, -0.05) is 13.8 Å². The fourth-order valence-electron chi connectivity index (χ4n) is 1.76. The first-order valence-electron chi connectivity index (χ1n) is 5.99. The normalized spacial score (nSPS) is 10.9. The number of halogens is 1. The van der Waals surface area contributed by atoms with Crippen molar-refractivity contribution < 1.29 is 0 Å². The average Bonchev–Trinajstić information content (AvgIpc) is 2.73. The molecule has 0 saturated heterocycles. The van der Waals surface area contributed by atoms with Gasteiger partial charge in [-0.2, -0.15) is 0 Å². The Labute approximate surface area is 116 Å². The van der Waals surface area contributed by atoms with Crippen LogP contribution in [0.25, 0.3) is 0 Å². The summed E-state index contributed by atoms with van der Waals surface area (Å²) in [5.74, 6) is 1.66. The number of hydrogen-bond acceptors (Lipinski definition) is 3. The third-order valence-electron chi connectivity index (χ3n) is 2.52. The lowest BCUT2D eigenvalue weighted by Crippen LogP contribution is -2.11. The van der Waals surface area contributed by atoms with Crippen LogP contribution in [-0.4, -0.2) is 14.5 Å². The molecule has 18 heavy (non-hydrogen) atoms. The number of pyridine rings is 1. The zero-order valence-electron chi connectivity index (χ0n) is 10.6. The van der Waals surface area contributed by atoms with E-state index in [1.54, 1.807) is 12.4 Å². The molecule has 0 aliphatic carbocycles. The Bertz CT molecular complexity index is 507. The Kier molecular flexibility index (Phi) is 4.36. The Hall–Kier alpha value is -1.36. The van der Waals surface area contributed by atoms with E-state index in [9.17, 15) is 0 Å². The van der Waals surface area contributed by atoms with Crippen molar-refractivity contribution in [3.05, 3.63) is 41.2 Å². The number of imidazole rings is 1. The Morgan fingerprint density at radius 3 is 2.94 bits per heavy atom. The molecule has 0 radical (unpaired) electrons. The zero-order valence-corrected chi connectivity index (χ0v) is 12.2. The van der Waals surface area contributed by atoms with Crippen molar-refractivity contribution >= 4 is 21.6 Å². The lowest BCUT2D eigenvalue weighted by Gasteiger charge is -2.11. The summed E-state index contributed by atoms with van der Waals surface area (Å²) >= 11 is 3.40. The molecular weight excluding hydrogens is 292 g/mol. The lowest BCUT2D eigenvalue weighted by atomic mass is 10.2. The van der Waals surface area contributed by atoms with Gasteiger partial charge >= 0.3 is 0 Å². The minimum absolute atomic E-state index is 0.616. The molecule has 4 nitrogen and oxygen atoms in total. The van der Waals surface area contributed by atoms with Crippen molar-refractivity contribution in [3.8, 4) is 0 Å². The van der Waals surface area contributed by atoms with Gasteiger partial charge < -0.3 is 9.88 Å². The molecular formula is C13H17BrN4. The van der Waals surface area contributed by atoms with Crippen molar-refractivity contribution in [2.75, 3.05) is 5.32 Å². The number of anilines is 1. The highest BCUT2D eigenvalue weighted by Crippen LogP contribution is 2.14. The highest BCUT2D eigenvalue weighted by molar-refractivity contribution is 9.10. The fourth-order valence-corrected chi connectivity index (χ4v) is 2.12. The smallest absolute Gasteiger partial charge is 0.128 e. The molecule has 2 aromatic rings. The van der Waals surface area contributed by atoms with Crippen molar-refractivity contribution in [1.29, 1.82) is 0 Å². The van der Waals surface area contributed by atoms with Crippen LogP contribution in [0.15, 0.2) is 35.3 Å². The third-order valence-corrected chi connectivity index (χ3v) is 2.95. The van der Waals surface area contributed by atoms with E-state index in [0.717, 1.165) is 22.5 Å². The van der Waals surface area contributed by atoms with Gasteiger partial charge in [0, 0.05) is 29.6 Å². The lowest BCUT2D eigenvalue weighted by molar-refractivity contribution is 0.509. The predicted octanol–water partition coefficient (Wildman–Crippen LogP) is 3.31. The van der Waals surface area contributed by atoms with Gasteiger partial charge in [-0.05, 0) is 27.9 Å². The highest BCUT2D eigenvalue weighted by atomic mass is 79.9. The molecule has 2 heterocycles. The summed E-state index contributed by atoms with van der Waals surface area (Å²) in [5.41, 5.74) is 0.989. The number of nitrogens with zero attached hydrogens (tertiary/aromatic N) is 3. The first-order chi connectivity index (χ1) is 8.65. The standard InChI is InChI=1S/C13H17BrN4/c1-10(2)9-18-4-3-16-13(18)8-17-12-5-11(14)6-15-7-12/h3-7,10,17H,8-9H2,1-2H3. The third kappa shape index (κ3) is 3.57. The summed E-state index contributed by atoms with van der Waals surface area (Å²) in [6, 6.07) is 2.00. The van der Waals surface area contributed by atoms with Gasteiger partial charge in [0.25, 0.3) is 0 Å². The van der Waals surface area contributed by atoms with Crippen molar-refractivity contribution in [3.63, 3.8) is 0 Å². The fraction of sp³-hybridized carbons (Fsp3) is 0.385. The van der Waals surface area contributed by atoms with Crippen LogP contribution in [0.4, 0.5) is 5.69 Å². The summed E-state index contributed by atoms with van der Waals surface area (Å²) in [5, 5.41) is 3.33. The van der Waals surface area contributed by atoms with Crippen LogP contribution in [0, 0.1) is 5.92 Å². The molecule has 2 aromatic heterocycles. The van der Waals surface area contributed by atoms with E-state index in [0.29, 0.717) is 12.5 Å². The molecule has 0 amide bonds. The quantitative estimate of drug-likeness (QED) is 0.921. The largest absolute Gasteiger partial charge is 0.377 e. The number of nitrogens with one attached hydrogen (secondary N) is 1. The van der Waals surface area contributed by atoms with Gasteiger partial charge in [0.05, 0.1) is 18.4 Å². The van der Waals surface area contributed by atoms with Gasteiger partial charge in [-0.15, -0.1) is 0 Å². The Morgan fingerprint density at radius 1 is 1.39 bits per heavy atom. The summed E-state index contributed by atoms with van der Waals surface area (Å²) in [6.07, 6.45) is 7.44. The van der Waals surface area contributed by atoms with E-state index >= 15 is 0 Å². The zero-order chi connectivity index (χ0) is 13.0. The highest BCUT2D eigenvalue weighted by Gasteiger charge is 2.04. The van der Waals surface area contributed by atoms with E-state index < -0.39 is 0 Å². The number of rotatable bonds is 5. The minimum Gasteiger partial charge on any atom is -0.377 e. The second-order valence-electron chi connectivity index (χ2n) is 4.64. The van der Waals surface area contributed by atoms with E-state index in [-0.39, 0.29) is 0 Å². The Balaban J connectivity index is 2.00. The average molecular weight is 309 g/mol. The molecule has 0 bridgehead atoms. The summed E-state index contributed by atoms with van der Waals surface area (Å²) in [6.45, 7) is 6.11. The van der Waals surface area contributed by atoms with Crippen LogP contribution in [0.5, 0.6) is 0 Å². The molecule has 0 aliphatic rings. The summed E-state index contributed by atoms with van der Waals surface area (Å²) in [4.78, 5) is 8.49. The van der Waals surface area contributed by atoms with Gasteiger partial charge in [0.1, 0.15) is 5.82 Å². The molecule has 0 aromatic carbocycles. The molecule has 0 unspecified atom stereocenters. The van der Waals surface area contributed by atoms with Crippen molar-refractivity contribution in [2.24, 2.45) is 5.92 Å². The first kappa shape index (κ1) is 13.1. The molecule has 0 spiro atoms. The van der Waals surface area contributed by atoms with E-state index in [4.69, 9.17) is 0 Å². The maximum atomic E-state index is 4.38. The molecule has 0 saturated carbocycles. The number of hydrogen-bond donors (Lipinski definition) is 1. The SMILES string of the molecule is CC(C)Cn1ccnc1CNc1cncc(Br)c1. The molecule has 5 heteroatoms. The maximum Gasteiger partial charge on any atom is 0.128 e. The molecule has 96 valence electrons. The van der Waals surface area contributed by atoms with Crippen LogP contribution in [0.2, 0.25) is 0 Å². The van der Waals surface area contributed by atoms with E-state index in [1.807, 2.05) is 18.5 Å². The second kappa shape index (κ2) is 6.00. The minimum atomic E-state index is 0.616. The monoisotopic (exact) mass is 308 g/mol. The topological polar surface area (TPSA) is 42.7 Å². The van der Waals surface area contributed by atoms with Gasteiger partial charge in [-0.25, -0.2) is 4.98 Å².